The van der Waals surface area contributed by atoms with Gasteiger partial charge in [-0.15, -0.1) is 0 Å². The summed E-state index contributed by atoms with van der Waals surface area (Å²) in [4.78, 5) is 22.0. The van der Waals surface area contributed by atoms with E-state index < -0.39 is 28.3 Å². The average Bonchev–Trinajstić information content (AvgIpc) is 2.98. The number of halogens is 3. The molecule has 0 unspecified atom stereocenters. The van der Waals surface area contributed by atoms with E-state index in [4.69, 9.17) is 21.7 Å². The molecule has 1 saturated heterocycles. The second kappa shape index (κ2) is 7.99. The van der Waals surface area contributed by atoms with E-state index in [9.17, 15) is 28.1 Å². The molecule has 0 atom stereocenters. The lowest BCUT2D eigenvalue weighted by molar-refractivity contribution is -0.385. The Hall–Kier alpha value is -3.67. The summed E-state index contributed by atoms with van der Waals surface area (Å²) in [5.74, 6) is -0.638. The predicted octanol–water partition coefficient (Wildman–Crippen LogP) is 3.76. The van der Waals surface area contributed by atoms with E-state index in [1.165, 1.54) is 31.4 Å². The number of carbonyl (C=O) groups excluding carboxylic acids is 1. The molecule has 1 aliphatic heterocycles. The zero-order valence-electron chi connectivity index (χ0n) is 15.1. The number of rotatable bonds is 5. The minimum absolute atomic E-state index is 0.0295. The van der Waals surface area contributed by atoms with Crippen molar-refractivity contribution in [3.8, 4) is 17.2 Å². The summed E-state index contributed by atoms with van der Waals surface area (Å²) < 4.78 is 49.2. The third kappa shape index (κ3) is 4.49. The SMILES string of the molecule is COc1cc(/C=C2/NC(=S)NC2=O)ccc1Oc1ccc(C(F)(F)F)cc1[N+](=O)[O-]. The van der Waals surface area contributed by atoms with Gasteiger partial charge in [-0.1, -0.05) is 6.07 Å². The minimum atomic E-state index is -4.74. The van der Waals surface area contributed by atoms with Crippen LogP contribution in [0.3, 0.4) is 0 Å². The second-order valence-corrected chi connectivity index (χ2v) is 6.32. The molecule has 2 aromatic carbocycles. The number of nitrogens with one attached hydrogen (secondary N) is 2. The molecule has 1 aliphatic rings. The van der Waals surface area contributed by atoms with Gasteiger partial charge in [0.1, 0.15) is 5.70 Å². The van der Waals surface area contributed by atoms with E-state index in [1.807, 2.05) is 0 Å². The van der Waals surface area contributed by atoms with E-state index in [2.05, 4.69) is 10.6 Å². The number of nitrogens with zero attached hydrogens (tertiary/aromatic N) is 1. The number of alkyl halides is 3. The zero-order chi connectivity index (χ0) is 22.1. The predicted molar refractivity (Wildman–Crippen MR) is 103 cm³/mol. The maximum atomic E-state index is 12.8. The third-order valence-corrected chi connectivity index (χ3v) is 4.13. The fourth-order valence-corrected chi connectivity index (χ4v) is 2.75. The van der Waals surface area contributed by atoms with Crippen LogP contribution in [0.4, 0.5) is 18.9 Å². The number of ether oxygens (including phenoxy) is 2. The molecule has 3 rings (SSSR count). The van der Waals surface area contributed by atoms with Crippen LogP contribution >= 0.6 is 12.2 Å². The van der Waals surface area contributed by atoms with Gasteiger partial charge in [-0.05, 0) is 48.1 Å². The van der Waals surface area contributed by atoms with Gasteiger partial charge < -0.3 is 14.8 Å². The number of thiocarbonyl (C=S) groups is 1. The summed E-state index contributed by atoms with van der Waals surface area (Å²) in [7, 11) is 1.32. The van der Waals surface area contributed by atoms with E-state index in [1.54, 1.807) is 0 Å². The normalized spacial score (nSPS) is 15.0. The molecule has 0 aromatic heterocycles. The van der Waals surface area contributed by atoms with Crippen LogP contribution < -0.4 is 20.1 Å². The van der Waals surface area contributed by atoms with Gasteiger partial charge in [0.05, 0.1) is 17.6 Å². The molecule has 2 aromatic rings. The lowest BCUT2D eigenvalue weighted by Crippen LogP contribution is -2.21. The molecular formula is C18H12F3N3O5S. The van der Waals surface area contributed by atoms with Gasteiger partial charge in [-0.3, -0.25) is 20.2 Å². The van der Waals surface area contributed by atoms with Crippen LogP contribution in [0.25, 0.3) is 6.08 Å². The topological polar surface area (TPSA) is 103 Å². The first-order valence-electron chi connectivity index (χ1n) is 8.14. The number of nitro benzene ring substituents is 1. The molecule has 156 valence electrons. The number of hydrogen-bond acceptors (Lipinski definition) is 6. The Morgan fingerprint density at radius 2 is 1.80 bits per heavy atom. The van der Waals surface area contributed by atoms with Gasteiger partial charge >= 0.3 is 11.9 Å². The number of methoxy groups -OCH3 is 1. The summed E-state index contributed by atoms with van der Waals surface area (Å²) in [5, 5.41) is 16.5. The standard InChI is InChI=1S/C18H12F3N3O5S/c1-28-15-7-9(6-11-16(25)23-17(30)22-11)2-4-14(15)29-13-5-3-10(18(19,20)21)8-12(13)24(26)27/h2-8H,1H3,(H2,22,23,25,30)/b11-6+. The zero-order valence-corrected chi connectivity index (χ0v) is 15.9. The van der Waals surface area contributed by atoms with Crippen LogP contribution in [-0.2, 0) is 11.0 Å². The van der Waals surface area contributed by atoms with Crippen molar-refractivity contribution in [3.63, 3.8) is 0 Å². The van der Waals surface area contributed by atoms with Crippen LogP contribution in [0, 0.1) is 10.1 Å². The van der Waals surface area contributed by atoms with Gasteiger partial charge in [0.25, 0.3) is 5.91 Å². The molecule has 0 radical (unpaired) electrons. The highest BCUT2D eigenvalue weighted by Crippen LogP contribution is 2.40. The lowest BCUT2D eigenvalue weighted by atomic mass is 10.1. The lowest BCUT2D eigenvalue weighted by Gasteiger charge is -2.13. The first-order chi connectivity index (χ1) is 14.1. The van der Waals surface area contributed by atoms with E-state index in [0.29, 0.717) is 17.7 Å². The Morgan fingerprint density at radius 3 is 2.37 bits per heavy atom. The van der Waals surface area contributed by atoms with Crippen molar-refractivity contribution < 1.29 is 32.4 Å². The maximum absolute atomic E-state index is 12.8. The molecule has 1 amide bonds. The quantitative estimate of drug-likeness (QED) is 0.317. The number of amides is 1. The Bertz CT molecular complexity index is 1090. The number of benzene rings is 2. The van der Waals surface area contributed by atoms with Gasteiger partial charge in [0.15, 0.2) is 16.6 Å². The molecule has 1 fully saturated rings. The summed E-state index contributed by atoms with van der Waals surface area (Å²) in [5.41, 5.74) is -1.30. The first-order valence-corrected chi connectivity index (χ1v) is 8.55. The van der Waals surface area contributed by atoms with Gasteiger partial charge in [0, 0.05) is 6.07 Å². The van der Waals surface area contributed by atoms with E-state index in [-0.39, 0.29) is 28.1 Å². The average molecular weight is 439 g/mol. The van der Waals surface area contributed by atoms with Crippen LogP contribution in [-0.4, -0.2) is 23.1 Å². The van der Waals surface area contributed by atoms with Crippen LogP contribution in [0.15, 0.2) is 42.1 Å². The van der Waals surface area contributed by atoms with Gasteiger partial charge in [0.2, 0.25) is 5.75 Å². The van der Waals surface area contributed by atoms with Crippen molar-refractivity contribution >= 4 is 35.0 Å². The highest BCUT2D eigenvalue weighted by atomic mass is 32.1. The maximum Gasteiger partial charge on any atom is 0.416 e. The fraction of sp³-hybridized carbons (Fsp3) is 0.111. The summed E-state index contributed by atoms with van der Waals surface area (Å²) in [6, 6.07) is 6.35. The Balaban J connectivity index is 1.94. The largest absolute Gasteiger partial charge is 0.493 e. The van der Waals surface area contributed by atoms with Gasteiger partial charge in [-0.2, -0.15) is 13.2 Å². The van der Waals surface area contributed by atoms with Crippen LogP contribution in [0.2, 0.25) is 0 Å². The third-order valence-electron chi connectivity index (χ3n) is 3.92. The highest BCUT2D eigenvalue weighted by molar-refractivity contribution is 7.80. The van der Waals surface area contributed by atoms with E-state index >= 15 is 0 Å². The Kier molecular flexibility index (Phi) is 5.60. The molecule has 0 aliphatic carbocycles. The Morgan fingerprint density at radius 1 is 1.10 bits per heavy atom. The van der Waals surface area contributed by atoms with Crippen molar-refractivity contribution in [3.05, 3.63) is 63.3 Å². The fourth-order valence-electron chi connectivity index (χ4n) is 2.55. The molecule has 0 bridgehead atoms. The second-order valence-electron chi connectivity index (χ2n) is 5.92. The van der Waals surface area contributed by atoms with E-state index in [0.717, 1.165) is 6.07 Å². The molecule has 1 heterocycles. The monoisotopic (exact) mass is 439 g/mol. The van der Waals surface area contributed by atoms with Crippen molar-refractivity contribution in [2.75, 3.05) is 7.11 Å². The van der Waals surface area contributed by atoms with Crippen LogP contribution in [0.1, 0.15) is 11.1 Å². The molecule has 0 spiro atoms. The molecule has 12 heteroatoms. The summed E-state index contributed by atoms with van der Waals surface area (Å²) in [6.45, 7) is 0. The van der Waals surface area contributed by atoms with Gasteiger partial charge in [-0.25, -0.2) is 0 Å². The van der Waals surface area contributed by atoms with Crippen molar-refractivity contribution in [1.82, 2.24) is 10.6 Å². The minimum Gasteiger partial charge on any atom is -0.493 e. The number of carbonyl (C=O) groups is 1. The van der Waals surface area contributed by atoms with Crippen molar-refractivity contribution in [1.29, 1.82) is 0 Å². The Labute approximate surface area is 172 Å². The van der Waals surface area contributed by atoms with Crippen LogP contribution in [0.5, 0.6) is 17.2 Å². The molecule has 0 saturated carbocycles. The number of hydrogen-bond donors (Lipinski definition) is 2. The molecule has 8 nitrogen and oxygen atoms in total. The van der Waals surface area contributed by atoms with Crippen molar-refractivity contribution in [2.24, 2.45) is 0 Å². The first kappa shape index (κ1) is 21.0. The smallest absolute Gasteiger partial charge is 0.416 e. The summed E-state index contributed by atoms with van der Waals surface area (Å²) >= 11 is 4.84. The molecule has 30 heavy (non-hydrogen) atoms. The van der Waals surface area contributed by atoms with Crippen molar-refractivity contribution in [2.45, 2.75) is 6.18 Å². The molecular weight excluding hydrogens is 427 g/mol. The number of nitro groups is 1. The molecule has 2 N–H and O–H groups in total. The summed E-state index contributed by atoms with van der Waals surface area (Å²) in [6.07, 6.45) is -3.25. The highest BCUT2D eigenvalue weighted by Gasteiger charge is 2.33.